The van der Waals surface area contributed by atoms with Crippen molar-refractivity contribution in [3.63, 3.8) is 0 Å². The molecule has 0 amide bonds. The van der Waals surface area contributed by atoms with Gasteiger partial charge in [0.1, 0.15) is 0 Å². The minimum Gasteiger partial charge on any atom is -0.272 e. The third-order valence-electron chi connectivity index (χ3n) is 2.36. The van der Waals surface area contributed by atoms with Gasteiger partial charge in [-0.3, -0.25) is 9.34 Å². The van der Waals surface area contributed by atoms with Crippen LogP contribution in [-0.4, -0.2) is 36.5 Å². The first-order valence-corrected chi connectivity index (χ1v) is 6.72. The van der Waals surface area contributed by atoms with Crippen molar-refractivity contribution < 1.29 is 0 Å². The highest BCUT2D eigenvalue weighted by atomic mass is 31.1. The van der Waals surface area contributed by atoms with Crippen LogP contribution in [0.2, 0.25) is 0 Å². The lowest BCUT2D eigenvalue weighted by molar-refractivity contribution is 0.475. The molecule has 1 rings (SSSR count). The minimum absolute atomic E-state index is 0.312. The Balaban J connectivity index is 2.92. The lowest BCUT2D eigenvalue weighted by Crippen LogP contribution is -2.29. The van der Waals surface area contributed by atoms with Crippen LogP contribution in [0.5, 0.6) is 0 Å². The summed E-state index contributed by atoms with van der Waals surface area (Å²) in [5.41, 5.74) is 0. The van der Waals surface area contributed by atoms with E-state index in [0.29, 0.717) is 0 Å². The molecule has 1 atom stereocenters. The van der Waals surface area contributed by atoms with E-state index in [1.807, 2.05) is 0 Å². The second kappa shape index (κ2) is 6.22. The Hall–Kier alpha value is -0.430. The van der Waals surface area contributed by atoms with Gasteiger partial charge in [0.25, 0.3) is 0 Å². The van der Waals surface area contributed by atoms with Crippen LogP contribution in [0.15, 0.2) is 30.3 Å². The maximum Gasteiger partial charge on any atom is 0.0719 e. The van der Waals surface area contributed by atoms with Crippen molar-refractivity contribution in [1.82, 2.24) is 9.34 Å². The van der Waals surface area contributed by atoms with Crippen molar-refractivity contribution in [3.8, 4) is 0 Å². The monoisotopic (exact) mass is 224 g/mol. The first-order chi connectivity index (χ1) is 7.20. The highest BCUT2D eigenvalue weighted by Gasteiger charge is 2.19. The Bertz CT molecular complexity index is 270. The van der Waals surface area contributed by atoms with Crippen LogP contribution in [0.1, 0.15) is 13.8 Å². The van der Waals surface area contributed by atoms with Gasteiger partial charge in [0.15, 0.2) is 0 Å². The highest BCUT2D eigenvalue weighted by Crippen LogP contribution is 2.40. The summed E-state index contributed by atoms with van der Waals surface area (Å²) in [7, 11) is 4.02. The maximum atomic E-state index is 2.52. The molecule has 2 nitrogen and oxygen atoms in total. The zero-order chi connectivity index (χ0) is 11.3. The van der Waals surface area contributed by atoms with Gasteiger partial charge in [-0.05, 0) is 14.1 Å². The van der Waals surface area contributed by atoms with Gasteiger partial charge in [-0.25, -0.2) is 0 Å². The molecule has 0 aliphatic rings. The standard InChI is InChI=1S/C12H21N2P/c1-5-14(6-2)15(13(3)4)12-10-8-7-9-11-12/h7-11H,5-6H2,1-4H3. The van der Waals surface area contributed by atoms with Crippen LogP contribution in [0.4, 0.5) is 0 Å². The zero-order valence-corrected chi connectivity index (χ0v) is 11.0. The van der Waals surface area contributed by atoms with Gasteiger partial charge in [-0.2, -0.15) is 0 Å². The first kappa shape index (κ1) is 12.6. The first-order valence-electron chi connectivity index (χ1n) is 5.48. The van der Waals surface area contributed by atoms with Crippen molar-refractivity contribution >= 4 is 13.5 Å². The fourth-order valence-electron chi connectivity index (χ4n) is 1.70. The number of hydrogen-bond acceptors (Lipinski definition) is 2. The Morgan fingerprint density at radius 3 is 1.93 bits per heavy atom. The Kier molecular flexibility index (Phi) is 5.24. The highest BCUT2D eigenvalue weighted by molar-refractivity contribution is 7.60. The molecular formula is C12H21N2P. The molecule has 15 heavy (non-hydrogen) atoms. The Morgan fingerprint density at radius 1 is 1.00 bits per heavy atom. The molecule has 0 heterocycles. The third kappa shape index (κ3) is 3.27. The summed E-state index contributed by atoms with van der Waals surface area (Å²) >= 11 is 0. The van der Waals surface area contributed by atoms with Gasteiger partial charge in [0, 0.05) is 18.4 Å². The quantitative estimate of drug-likeness (QED) is 0.709. The predicted molar refractivity (Wildman–Crippen MR) is 69.6 cm³/mol. The topological polar surface area (TPSA) is 6.48 Å². The molecule has 3 heteroatoms. The van der Waals surface area contributed by atoms with E-state index in [0.717, 1.165) is 13.1 Å². The van der Waals surface area contributed by atoms with Crippen LogP contribution < -0.4 is 5.30 Å². The number of hydrogen-bond donors (Lipinski definition) is 0. The summed E-state index contributed by atoms with van der Waals surface area (Å²) in [4.78, 5) is 0. The molecule has 0 fully saturated rings. The maximum absolute atomic E-state index is 2.52. The number of nitrogens with zero attached hydrogens (tertiary/aromatic N) is 2. The van der Waals surface area contributed by atoms with Crippen molar-refractivity contribution in [1.29, 1.82) is 0 Å². The van der Waals surface area contributed by atoms with E-state index in [2.05, 4.69) is 67.6 Å². The summed E-state index contributed by atoms with van der Waals surface area (Å²) in [6, 6.07) is 10.8. The average molecular weight is 224 g/mol. The van der Waals surface area contributed by atoms with E-state index in [1.165, 1.54) is 5.30 Å². The molecule has 1 unspecified atom stereocenters. The van der Waals surface area contributed by atoms with Crippen molar-refractivity contribution in [2.24, 2.45) is 0 Å². The van der Waals surface area contributed by atoms with E-state index in [1.54, 1.807) is 0 Å². The lowest BCUT2D eigenvalue weighted by atomic mass is 10.4. The molecule has 0 aromatic heterocycles. The number of benzene rings is 1. The molecular weight excluding hydrogens is 203 g/mol. The van der Waals surface area contributed by atoms with Crippen molar-refractivity contribution in [2.45, 2.75) is 13.8 Å². The van der Waals surface area contributed by atoms with Gasteiger partial charge in [-0.15, -0.1) is 0 Å². The normalized spacial score (nSPS) is 13.5. The van der Waals surface area contributed by atoms with Crippen LogP contribution >= 0.6 is 8.22 Å². The summed E-state index contributed by atoms with van der Waals surface area (Å²) in [5, 5.41) is 1.43. The largest absolute Gasteiger partial charge is 0.272 e. The summed E-state index contributed by atoms with van der Waals surface area (Å²) in [6.45, 7) is 6.67. The zero-order valence-electron chi connectivity index (χ0n) is 10.1. The molecule has 1 aromatic rings. The summed E-state index contributed by atoms with van der Waals surface area (Å²) < 4.78 is 4.85. The predicted octanol–water partition coefficient (Wildman–Crippen LogP) is 2.53. The lowest BCUT2D eigenvalue weighted by Gasteiger charge is -2.34. The number of rotatable bonds is 5. The van der Waals surface area contributed by atoms with Gasteiger partial charge < -0.3 is 0 Å². The minimum atomic E-state index is -0.312. The smallest absolute Gasteiger partial charge is 0.0719 e. The van der Waals surface area contributed by atoms with Crippen LogP contribution in [-0.2, 0) is 0 Å². The van der Waals surface area contributed by atoms with Gasteiger partial charge in [0.2, 0.25) is 0 Å². The molecule has 0 saturated heterocycles. The molecule has 0 spiro atoms. The van der Waals surface area contributed by atoms with Crippen LogP contribution in [0, 0.1) is 0 Å². The van der Waals surface area contributed by atoms with Gasteiger partial charge >= 0.3 is 0 Å². The Morgan fingerprint density at radius 2 is 1.53 bits per heavy atom. The molecule has 0 saturated carbocycles. The second-order valence-corrected chi connectivity index (χ2v) is 6.07. The van der Waals surface area contributed by atoms with Gasteiger partial charge in [0.05, 0.1) is 8.22 Å². The molecule has 0 N–H and O–H groups in total. The Labute approximate surface area is 94.8 Å². The molecule has 84 valence electrons. The van der Waals surface area contributed by atoms with Gasteiger partial charge in [-0.1, -0.05) is 44.2 Å². The van der Waals surface area contributed by atoms with E-state index < -0.39 is 0 Å². The van der Waals surface area contributed by atoms with Crippen LogP contribution in [0.3, 0.4) is 0 Å². The SMILES string of the molecule is CCN(CC)P(c1ccccc1)N(C)C. The van der Waals surface area contributed by atoms with Crippen molar-refractivity contribution in [3.05, 3.63) is 30.3 Å². The second-order valence-electron chi connectivity index (χ2n) is 3.61. The van der Waals surface area contributed by atoms with E-state index in [-0.39, 0.29) is 8.22 Å². The average Bonchev–Trinajstić information content (AvgIpc) is 2.26. The molecule has 0 radical (unpaired) electrons. The molecule has 0 aliphatic carbocycles. The third-order valence-corrected chi connectivity index (χ3v) is 4.98. The van der Waals surface area contributed by atoms with Crippen molar-refractivity contribution in [2.75, 3.05) is 27.2 Å². The summed E-state index contributed by atoms with van der Waals surface area (Å²) in [5.74, 6) is 0. The molecule has 0 aliphatic heterocycles. The molecule has 1 aromatic carbocycles. The van der Waals surface area contributed by atoms with E-state index in [4.69, 9.17) is 0 Å². The van der Waals surface area contributed by atoms with E-state index >= 15 is 0 Å². The summed E-state index contributed by atoms with van der Waals surface area (Å²) in [6.07, 6.45) is 0. The van der Waals surface area contributed by atoms with Crippen LogP contribution in [0.25, 0.3) is 0 Å². The fraction of sp³-hybridized carbons (Fsp3) is 0.500. The fourth-order valence-corrected chi connectivity index (χ4v) is 3.97. The van der Waals surface area contributed by atoms with E-state index in [9.17, 15) is 0 Å². The molecule has 0 bridgehead atoms.